The van der Waals surface area contributed by atoms with Gasteiger partial charge in [0.2, 0.25) is 0 Å². The maximum atomic E-state index is 13.1. The summed E-state index contributed by atoms with van der Waals surface area (Å²) in [5.74, 6) is -0.978. The van der Waals surface area contributed by atoms with Gasteiger partial charge in [0, 0.05) is 28.6 Å². The molecule has 0 spiro atoms. The topological polar surface area (TPSA) is 85.1 Å². The first-order valence-electron chi connectivity index (χ1n) is 6.80. The van der Waals surface area contributed by atoms with Crippen LogP contribution in [0.15, 0.2) is 53.9 Å². The second-order valence-corrected chi connectivity index (χ2v) is 5.67. The summed E-state index contributed by atoms with van der Waals surface area (Å²) in [7, 11) is 0. The minimum atomic E-state index is -0.501. The number of carbonyl (C=O) groups is 1. The lowest BCUT2D eigenvalue weighted by Crippen LogP contribution is -2.11. The molecule has 120 valence electrons. The number of nitrogens with zero attached hydrogens (tertiary/aromatic N) is 2. The van der Waals surface area contributed by atoms with Crippen LogP contribution >= 0.6 is 11.3 Å². The highest BCUT2D eigenvalue weighted by molar-refractivity contribution is 7.14. The largest absolute Gasteiger partial charge is 0.298 e. The van der Waals surface area contributed by atoms with E-state index in [9.17, 15) is 19.3 Å². The second-order valence-electron chi connectivity index (χ2n) is 4.81. The van der Waals surface area contributed by atoms with Crippen molar-refractivity contribution in [3.05, 3.63) is 75.4 Å². The molecule has 0 bridgehead atoms. The van der Waals surface area contributed by atoms with Crippen molar-refractivity contribution in [1.29, 1.82) is 0 Å². The minimum absolute atomic E-state index is 0.0363. The first kappa shape index (κ1) is 15.8. The van der Waals surface area contributed by atoms with Crippen LogP contribution in [0.3, 0.4) is 0 Å². The van der Waals surface area contributed by atoms with Crippen LogP contribution in [0.1, 0.15) is 10.4 Å². The van der Waals surface area contributed by atoms with Crippen molar-refractivity contribution in [2.24, 2.45) is 0 Å². The number of aromatic nitrogens is 1. The van der Waals surface area contributed by atoms with Crippen molar-refractivity contribution < 1.29 is 14.1 Å². The van der Waals surface area contributed by atoms with Gasteiger partial charge in [0.25, 0.3) is 11.6 Å². The number of hydrogen-bond acceptors (Lipinski definition) is 5. The quantitative estimate of drug-likeness (QED) is 0.570. The van der Waals surface area contributed by atoms with Gasteiger partial charge in [0.1, 0.15) is 5.82 Å². The van der Waals surface area contributed by atoms with Gasteiger partial charge in [-0.25, -0.2) is 9.37 Å². The van der Waals surface area contributed by atoms with E-state index in [1.54, 1.807) is 17.5 Å². The minimum Gasteiger partial charge on any atom is -0.298 e. The zero-order chi connectivity index (χ0) is 17.1. The first-order chi connectivity index (χ1) is 11.5. The number of rotatable bonds is 4. The number of thiazole rings is 1. The number of anilines is 1. The molecule has 0 saturated heterocycles. The molecule has 1 N–H and O–H groups in total. The van der Waals surface area contributed by atoms with Crippen molar-refractivity contribution in [2.45, 2.75) is 0 Å². The fraction of sp³-hybridized carbons (Fsp3) is 0. The van der Waals surface area contributed by atoms with E-state index in [4.69, 9.17) is 0 Å². The van der Waals surface area contributed by atoms with Gasteiger partial charge in [-0.1, -0.05) is 18.2 Å². The third-order valence-corrected chi connectivity index (χ3v) is 3.92. The molecule has 0 aliphatic heterocycles. The molecule has 24 heavy (non-hydrogen) atoms. The number of halogens is 1. The van der Waals surface area contributed by atoms with E-state index < -0.39 is 16.6 Å². The van der Waals surface area contributed by atoms with Gasteiger partial charge in [-0.2, -0.15) is 0 Å². The Labute approximate surface area is 139 Å². The predicted molar refractivity (Wildman–Crippen MR) is 88.6 cm³/mol. The summed E-state index contributed by atoms with van der Waals surface area (Å²) in [6.07, 6.45) is 0. The molecule has 6 nitrogen and oxygen atoms in total. The molecular weight excluding hydrogens is 333 g/mol. The monoisotopic (exact) mass is 343 g/mol. The number of nitro groups is 1. The number of nitrogens with one attached hydrogen (secondary N) is 1. The summed E-state index contributed by atoms with van der Waals surface area (Å²) in [6, 6.07) is 11.4. The Morgan fingerprint density at radius 1 is 1.21 bits per heavy atom. The molecule has 3 rings (SSSR count). The summed E-state index contributed by atoms with van der Waals surface area (Å²) in [5.41, 5.74) is 1.23. The third-order valence-electron chi connectivity index (χ3n) is 3.16. The molecule has 2 aromatic carbocycles. The van der Waals surface area contributed by atoms with Crippen LogP contribution in [-0.2, 0) is 0 Å². The van der Waals surface area contributed by atoms with Crippen molar-refractivity contribution in [2.75, 3.05) is 5.32 Å². The number of non-ortho nitro benzene ring substituents is 1. The first-order valence-corrected chi connectivity index (χ1v) is 7.68. The van der Waals surface area contributed by atoms with Gasteiger partial charge in [-0.3, -0.25) is 20.2 Å². The molecule has 0 radical (unpaired) electrons. The van der Waals surface area contributed by atoms with Gasteiger partial charge in [-0.05, 0) is 18.2 Å². The Morgan fingerprint density at radius 2 is 2.00 bits per heavy atom. The van der Waals surface area contributed by atoms with E-state index in [0.717, 1.165) is 6.07 Å². The Kier molecular flexibility index (Phi) is 4.30. The van der Waals surface area contributed by atoms with Crippen molar-refractivity contribution in [1.82, 2.24) is 4.98 Å². The molecule has 0 unspecified atom stereocenters. The summed E-state index contributed by atoms with van der Waals surface area (Å²) >= 11 is 1.18. The van der Waals surface area contributed by atoms with Crippen LogP contribution in [0.25, 0.3) is 11.3 Å². The van der Waals surface area contributed by atoms with Crippen LogP contribution in [0.2, 0.25) is 0 Å². The lowest BCUT2D eigenvalue weighted by molar-refractivity contribution is -0.384. The Morgan fingerprint density at radius 3 is 2.75 bits per heavy atom. The van der Waals surface area contributed by atoms with Crippen LogP contribution in [0.4, 0.5) is 15.2 Å². The zero-order valence-electron chi connectivity index (χ0n) is 12.1. The van der Waals surface area contributed by atoms with E-state index in [1.807, 2.05) is 0 Å². The Balaban J connectivity index is 1.80. The van der Waals surface area contributed by atoms with E-state index in [1.165, 1.54) is 41.7 Å². The molecular formula is C16H10FN3O3S. The molecule has 0 atom stereocenters. The van der Waals surface area contributed by atoms with E-state index in [-0.39, 0.29) is 11.3 Å². The highest BCUT2D eigenvalue weighted by Gasteiger charge is 2.12. The molecule has 1 heterocycles. The van der Waals surface area contributed by atoms with Crippen molar-refractivity contribution in [3.8, 4) is 11.3 Å². The number of benzene rings is 2. The number of nitro benzene ring substituents is 1. The summed E-state index contributed by atoms with van der Waals surface area (Å²) in [6.45, 7) is 0. The molecule has 0 saturated carbocycles. The predicted octanol–water partition coefficient (Wildman–Crippen LogP) is 4.11. The van der Waals surface area contributed by atoms with Crippen LogP contribution < -0.4 is 5.32 Å². The standard InChI is InChI=1S/C16H10FN3O3S/c17-12-5-1-4-11(7-12)15(21)19-16-18-14(9-24-16)10-3-2-6-13(8-10)20(22)23/h1-9H,(H,18,19,21). The van der Waals surface area contributed by atoms with Crippen LogP contribution in [0.5, 0.6) is 0 Å². The maximum Gasteiger partial charge on any atom is 0.270 e. The normalized spacial score (nSPS) is 10.4. The van der Waals surface area contributed by atoms with Gasteiger partial charge in [0.15, 0.2) is 5.13 Å². The molecule has 1 aromatic heterocycles. The lowest BCUT2D eigenvalue weighted by atomic mass is 10.1. The molecule has 0 fully saturated rings. The van der Waals surface area contributed by atoms with Gasteiger partial charge < -0.3 is 0 Å². The summed E-state index contributed by atoms with van der Waals surface area (Å²) in [4.78, 5) is 26.6. The van der Waals surface area contributed by atoms with Crippen LogP contribution in [0, 0.1) is 15.9 Å². The van der Waals surface area contributed by atoms with Crippen molar-refractivity contribution in [3.63, 3.8) is 0 Å². The van der Waals surface area contributed by atoms with Gasteiger partial charge >= 0.3 is 0 Å². The molecule has 0 aliphatic rings. The summed E-state index contributed by atoms with van der Waals surface area (Å²) in [5, 5.41) is 15.4. The SMILES string of the molecule is O=C(Nc1nc(-c2cccc([N+](=O)[O-])c2)cs1)c1cccc(F)c1. The fourth-order valence-corrected chi connectivity index (χ4v) is 2.76. The summed E-state index contributed by atoms with van der Waals surface area (Å²) < 4.78 is 13.1. The number of amides is 1. The number of carbonyl (C=O) groups excluding carboxylic acids is 1. The second kappa shape index (κ2) is 6.55. The van der Waals surface area contributed by atoms with E-state index >= 15 is 0 Å². The highest BCUT2D eigenvalue weighted by Crippen LogP contribution is 2.27. The van der Waals surface area contributed by atoms with Crippen molar-refractivity contribution >= 4 is 28.1 Å². The molecule has 0 aliphatic carbocycles. The molecule has 8 heteroatoms. The average molecular weight is 343 g/mol. The third kappa shape index (κ3) is 3.44. The zero-order valence-corrected chi connectivity index (χ0v) is 12.9. The van der Waals surface area contributed by atoms with Crippen LogP contribution in [-0.4, -0.2) is 15.8 Å². The Bertz CT molecular complexity index is 926. The highest BCUT2D eigenvalue weighted by atomic mass is 32.1. The lowest BCUT2D eigenvalue weighted by Gasteiger charge is -2.01. The molecule has 1 amide bonds. The Hall–Kier alpha value is -3.13. The van der Waals surface area contributed by atoms with E-state index in [2.05, 4.69) is 10.3 Å². The van der Waals surface area contributed by atoms with E-state index in [0.29, 0.717) is 16.4 Å². The fourth-order valence-electron chi connectivity index (χ4n) is 2.04. The average Bonchev–Trinajstić information content (AvgIpc) is 3.03. The molecule has 3 aromatic rings. The van der Waals surface area contributed by atoms with Gasteiger partial charge in [0.05, 0.1) is 10.6 Å². The number of hydrogen-bond donors (Lipinski definition) is 1. The van der Waals surface area contributed by atoms with Gasteiger partial charge in [-0.15, -0.1) is 11.3 Å². The smallest absolute Gasteiger partial charge is 0.270 e. The maximum absolute atomic E-state index is 13.1.